The van der Waals surface area contributed by atoms with E-state index in [1.807, 2.05) is 0 Å². The Kier molecular flexibility index (Phi) is 4.95. The maximum atomic E-state index is 12.9. The van der Waals surface area contributed by atoms with Crippen molar-refractivity contribution in [2.75, 3.05) is 31.9 Å². The molecule has 21 heavy (non-hydrogen) atoms. The highest BCUT2D eigenvalue weighted by Crippen LogP contribution is 2.12. The van der Waals surface area contributed by atoms with E-state index in [0.717, 1.165) is 0 Å². The van der Waals surface area contributed by atoms with E-state index in [-0.39, 0.29) is 17.5 Å². The number of benzene rings is 1. The number of nitrogens with zero attached hydrogens (tertiary/aromatic N) is 2. The van der Waals surface area contributed by atoms with Crippen LogP contribution >= 0.6 is 0 Å². The minimum atomic E-state index is -3.22. The van der Waals surface area contributed by atoms with E-state index in [9.17, 15) is 17.6 Å². The fourth-order valence-electron chi connectivity index (χ4n) is 2.33. The van der Waals surface area contributed by atoms with Crippen LogP contribution in [0, 0.1) is 5.82 Å². The van der Waals surface area contributed by atoms with Crippen LogP contribution in [0.2, 0.25) is 0 Å². The molecular weight excluding hydrogens is 295 g/mol. The number of halogens is 1. The molecule has 7 heteroatoms. The van der Waals surface area contributed by atoms with Gasteiger partial charge >= 0.3 is 0 Å². The molecule has 1 aromatic rings. The molecule has 1 heterocycles. The van der Waals surface area contributed by atoms with Gasteiger partial charge in [0.05, 0.1) is 5.75 Å². The molecule has 0 unspecified atom stereocenters. The Labute approximate surface area is 124 Å². The van der Waals surface area contributed by atoms with Gasteiger partial charge in [0.1, 0.15) is 5.82 Å². The van der Waals surface area contributed by atoms with E-state index >= 15 is 0 Å². The summed E-state index contributed by atoms with van der Waals surface area (Å²) >= 11 is 0. The Morgan fingerprint density at radius 3 is 2.43 bits per heavy atom. The lowest BCUT2D eigenvalue weighted by Gasteiger charge is -2.21. The molecule has 0 spiro atoms. The summed E-state index contributed by atoms with van der Waals surface area (Å²) in [6.07, 6.45) is 0.603. The number of carbonyl (C=O) groups is 1. The van der Waals surface area contributed by atoms with Gasteiger partial charge in [-0.3, -0.25) is 4.79 Å². The molecule has 116 valence electrons. The van der Waals surface area contributed by atoms with Crippen LogP contribution in [0.5, 0.6) is 0 Å². The smallest absolute Gasteiger partial charge is 0.253 e. The molecule has 2 rings (SSSR count). The lowest BCUT2D eigenvalue weighted by atomic mass is 10.2. The van der Waals surface area contributed by atoms with E-state index in [2.05, 4.69) is 0 Å². The molecule has 0 saturated carbocycles. The second-order valence-corrected chi connectivity index (χ2v) is 7.21. The lowest BCUT2D eigenvalue weighted by molar-refractivity contribution is 0.0764. The fraction of sp³-hybridized carbons (Fsp3) is 0.500. The Morgan fingerprint density at radius 1 is 1.14 bits per heavy atom. The average molecular weight is 314 g/mol. The molecule has 1 amide bonds. The third-order valence-electron chi connectivity index (χ3n) is 3.59. The van der Waals surface area contributed by atoms with Crippen LogP contribution in [-0.4, -0.2) is 55.5 Å². The van der Waals surface area contributed by atoms with Gasteiger partial charge in [-0.1, -0.05) is 0 Å². The molecule has 0 aromatic heterocycles. The van der Waals surface area contributed by atoms with Gasteiger partial charge in [-0.2, -0.15) is 0 Å². The van der Waals surface area contributed by atoms with Crippen molar-refractivity contribution in [3.63, 3.8) is 0 Å². The lowest BCUT2D eigenvalue weighted by Crippen LogP contribution is -2.37. The van der Waals surface area contributed by atoms with Gasteiger partial charge in [-0.15, -0.1) is 0 Å². The molecule has 1 aliphatic heterocycles. The second-order valence-electron chi connectivity index (χ2n) is 4.95. The van der Waals surface area contributed by atoms with Crippen molar-refractivity contribution in [1.82, 2.24) is 9.21 Å². The molecule has 0 atom stereocenters. The zero-order valence-corrected chi connectivity index (χ0v) is 12.8. The van der Waals surface area contributed by atoms with Gasteiger partial charge in [0, 0.05) is 31.7 Å². The van der Waals surface area contributed by atoms with Crippen LogP contribution in [0.4, 0.5) is 4.39 Å². The number of carbonyl (C=O) groups excluding carboxylic acids is 1. The largest absolute Gasteiger partial charge is 0.337 e. The zero-order valence-electron chi connectivity index (χ0n) is 12.0. The van der Waals surface area contributed by atoms with Gasteiger partial charge in [0.25, 0.3) is 5.91 Å². The summed E-state index contributed by atoms with van der Waals surface area (Å²) in [5.41, 5.74) is 0.420. The van der Waals surface area contributed by atoms with Crippen molar-refractivity contribution >= 4 is 15.9 Å². The van der Waals surface area contributed by atoms with Crippen molar-refractivity contribution in [3.05, 3.63) is 35.6 Å². The Balaban J connectivity index is 2.06. The number of hydrogen-bond acceptors (Lipinski definition) is 3. The third-order valence-corrected chi connectivity index (χ3v) is 5.47. The predicted molar refractivity (Wildman–Crippen MR) is 78.0 cm³/mol. The van der Waals surface area contributed by atoms with Gasteiger partial charge in [0.15, 0.2) is 0 Å². The van der Waals surface area contributed by atoms with Crippen LogP contribution in [0.25, 0.3) is 0 Å². The maximum Gasteiger partial charge on any atom is 0.253 e. The molecule has 5 nitrogen and oxygen atoms in total. The Morgan fingerprint density at radius 2 is 1.81 bits per heavy atom. The summed E-state index contributed by atoms with van der Waals surface area (Å²) in [6.45, 7) is 3.22. The molecule has 1 saturated heterocycles. The van der Waals surface area contributed by atoms with Gasteiger partial charge in [0.2, 0.25) is 10.0 Å². The van der Waals surface area contributed by atoms with E-state index in [1.165, 1.54) is 28.6 Å². The SMILES string of the molecule is CCS(=O)(=O)N1CCCN(C(=O)c2ccc(F)cc2)CC1. The normalized spacial score (nSPS) is 17.5. The molecule has 1 aliphatic rings. The van der Waals surface area contributed by atoms with E-state index in [0.29, 0.717) is 38.2 Å². The molecule has 0 N–H and O–H groups in total. The minimum Gasteiger partial charge on any atom is -0.337 e. The summed E-state index contributed by atoms with van der Waals surface area (Å²) < 4.78 is 38.1. The van der Waals surface area contributed by atoms with Crippen LogP contribution in [-0.2, 0) is 10.0 Å². The van der Waals surface area contributed by atoms with E-state index in [1.54, 1.807) is 11.8 Å². The second kappa shape index (κ2) is 6.53. The van der Waals surface area contributed by atoms with Crippen molar-refractivity contribution in [2.24, 2.45) is 0 Å². The van der Waals surface area contributed by atoms with Crippen LogP contribution < -0.4 is 0 Å². The minimum absolute atomic E-state index is 0.0684. The summed E-state index contributed by atoms with van der Waals surface area (Å²) in [5.74, 6) is -0.507. The summed E-state index contributed by atoms with van der Waals surface area (Å²) in [5, 5.41) is 0. The van der Waals surface area contributed by atoms with Crippen LogP contribution in [0.3, 0.4) is 0 Å². The van der Waals surface area contributed by atoms with E-state index in [4.69, 9.17) is 0 Å². The topological polar surface area (TPSA) is 57.7 Å². The van der Waals surface area contributed by atoms with Crippen molar-refractivity contribution in [3.8, 4) is 0 Å². The van der Waals surface area contributed by atoms with Crippen LogP contribution in [0.1, 0.15) is 23.7 Å². The maximum absolute atomic E-state index is 12.9. The van der Waals surface area contributed by atoms with Gasteiger partial charge in [-0.25, -0.2) is 17.1 Å². The number of sulfonamides is 1. The zero-order chi connectivity index (χ0) is 15.5. The number of rotatable bonds is 3. The number of amides is 1. The molecule has 0 radical (unpaired) electrons. The first-order chi connectivity index (χ1) is 9.94. The van der Waals surface area contributed by atoms with Gasteiger partial charge in [-0.05, 0) is 37.6 Å². The highest BCUT2D eigenvalue weighted by atomic mass is 32.2. The molecule has 1 fully saturated rings. The van der Waals surface area contributed by atoms with Crippen LogP contribution in [0.15, 0.2) is 24.3 Å². The first kappa shape index (κ1) is 15.9. The standard InChI is InChI=1S/C14H19FN2O3S/c1-2-21(19,20)17-9-3-8-16(10-11-17)14(18)12-4-6-13(15)7-5-12/h4-7H,2-3,8-11H2,1H3. The highest BCUT2D eigenvalue weighted by Gasteiger charge is 2.25. The average Bonchev–Trinajstić information content (AvgIpc) is 2.73. The summed E-state index contributed by atoms with van der Waals surface area (Å²) in [6, 6.07) is 5.39. The number of hydrogen-bond donors (Lipinski definition) is 0. The molecule has 1 aromatic carbocycles. The van der Waals surface area contributed by atoms with Crippen molar-refractivity contribution in [1.29, 1.82) is 0 Å². The van der Waals surface area contributed by atoms with Crippen molar-refractivity contribution in [2.45, 2.75) is 13.3 Å². The molecule has 0 aliphatic carbocycles. The van der Waals surface area contributed by atoms with E-state index < -0.39 is 10.0 Å². The Hall–Kier alpha value is -1.47. The summed E-state index contributed by atoms with van der Waals surface area (Å²) in [7, 11) is -3.22. The fourth-order valence-corrected chi connectivity index (χ4v) is 3.46. The highest BCUT2D eigenvalue weighted by molar-refractivity contribution is 7.89. The monoisotopic (exact) mass is 314 g/mol. The molecule has 0 bridgehead atoms. The first-order valence-corrected chi connectivity index (χ1v) is 8.57. The quantitative estimate of drug-likeness (QED) is 0.845. The first-order valence-electron chi connectivity index (χ1n) is 6.96. The molecular formula is C14H19FN2O3S. The Bertz CT molecular complexity index is 601. The van der Waals surface area contributed by atoms with Crippen molar-refractivity contribution < 1.29 is 17.6 Å². The van der Waals surface area contributed by atoms with Gasteiger partial charge < -0.3 is 4.90 Å². The predicted octanol–water partition coefficient (Wildman–Crippen LogP) is 1.32. The summed E-state index contributed by atoms with van der Waals surface area (Å²) in [4.78, 5) is 13.9. The third kappa shape index (κ3) is 3.79.